The minimum atomic E-state index is -4.77. The molecule has 0 aliphatic carbocycles. The first kappa shape index (κ1) is 31.8. The average Bonchev–Trinajstić information content (AvgIpc) is 3.19. The zero-order valence-electron chi connectivity index (χ0n) is 29.0. The lowest BCUT2D eigenvalue weighted by Crippen LogP contribution is -2.15. The van der Waals surface area contributed by atoms with Crippen LogP contribution in [0.2, 0.25) is 0 Å². The minimum absolute atomic E-state index is 0.122. The molecule has 0 aliphatic rings. The Morgan fingerprint density at radius 2 is 0.534 bits per heavy atom. The van der Waals surface area contributed by atoms with Gasteiger partial charge in [0, 0.05) is 78.1 Å². The van der Waals surface area contributed by atoms with Gasteiger partial charge in [-0.05, 0) is 56.6 Å². The maximum atomic E-state index is 13.9. The summed E-state index contributed by atoms with van der Waals surface area (Å²) in [5.74, 6) is 0. The Balaban J connectivity index is 1.20. The van der Waals surface area contributed by atoms with Gasteiger partial charge in [0.2, 0.25) is 0 Å². The largest absolute Gasteiger partial charge is 0.416 e. The van der Waals surface area contributed by atoms with Crippen LogP contribution in [0.25, 0.3) is 119 Å². The van der Waals surface area contributed by atoms with E-state index in [-0.39, 0.29) is 32.6 Å². The van der Waals surface area contributed by atoms with Crippen LogP contribution in [0.5, 0.6) is 0 Å². The monoisotopic (exact) mass is 774 g/mol. The molecule has 0 radical (unpaired) electrons. The molecule has 12 heteroatoms. The smallest absolute Gasteiger partial charge is 0.307 e. The molecular formula is C46H16F6N2O4. The molecule has 0 bridgehead atoms. The van der Waals surface area contributed by atoms with Crippen molar-refractivity contribution < 1.29 is 26.3 Å². The summed E-state index contributed by atoms with van der Waals surface area (Å²) in [7, 11) is 0. The van der Waals surface area contributed by atoms with E-state index in [0.717, 1.165) is 67.4 Å². The topological polar surface area (TPSA) is 77.1 Å². The van der Waals surface area contributed by atoms with Crippen LogP contribution in [0.4, 0.5) is 26.3 Å². The van der Waals surface area contributed by atoms with E-state index in [2.05, 4.69) is 0 Å². The first-order valence-electron chi connectivity index (χ1n) is 18.1. The van der Waals surface area contributed by atoms with E-state index in [1.165, 1.54) is 24.3 Å². The van der Waals surface area contributed by atoms with Crippen LogP contribution in [0, 0.1) is 0 Å². The van der Waals surface area contributed by atoms with Crippen molar-refractivity contribution in [2.24, 2.45) is 0 Å². The van der Waals surface area contributed by atoms with Crippen molar-refractivity contribution in [2.45, 2.75) is 12.4 Å². The van der Waals surface area contributed by atoms with E-state index in [4.69, 9.17) is 0 Å². The van der Waals surface area contributed by atoms with Gasteiger partial charge in [-0.15, -0.1) is 0 Å². The minimum Gasteiger partial charge on any atom is -0.307 e. The number of benzene rings is 7. The SMILES string of the molecule is O=c1cc2c3ccc4c5ccc6c7c(ccc(c8ccc(c3c48)c3cc(=O)c4cc(C(F)(F)F)cc1c4n23)c57)c1cc(=O)c2cc(C(F)(F)F)cc3c(=O)cc6n1c32. The van der Waals surface area contributed by atoms with Gasteiger partial charge in [0.05, 0.1) is 44.2 Å². The van der Waals surface area contributed by atoms with Crippen molar-refractivity contribution >= 4 is 119 Å². The highest BCUT2D eigenvalue weighted by Crippen LogP contribution is 2.49. The van der Waals surface area contributed by atoms with Gasteiger partial charge in [0.25, 0.3) is 0 Å². The third-order valence-electron chi connectivity index (χ3n) is 12.4. The summed E-state index contributed by atoms with van der Waals surface area (Å²) < 4.78 is 86.8. The molecule has 13 aromatic rings. The standard InChI is InChI=1S/C46H16F6N2O4/c47-45(48,49)17-9-27-35(55)13-31-23-5-1-19-20-2-6-25-33-15-37(57)29-11-18(46(50,51)52)12-30-38(58)16-34(54(33)44(29)30)26-8-4-22(40(20)42(25)26)21-3-7-24(41(23)39(19)21)32-14-36(56)28(10-17)43(27)53(31)32/h1-16H. The molecule has 276 valence electrons. The number of aromatic nitrogens is 2. The predicted octanol–water partition coefficient (Wildman–Crippen LogP) is 10.4. The second kappa shape index (κ2) is 9.60. The Hall–Kier alpha value is -7.34. The molecule has 6 heterocycles. The van der Waals surface area contributed by atoms with Crippen molar-refractivity contribution in [3.63, 3.8) is 0 Å². The van der Waals surface area contributed by atoms with Crippen LogP contribution >= 0.6 is 0 Å². The molecule has 6 nitrogen and oxygen atoms in total. The van der Waals surface area contributed by atoms with Crippen molar-refractivity contribution in [1.29, 1.82) is 0 Å². The lowest BCUT2D eigenvalue weighted by Gasteiger charge is -2.23. The van der Waals surface area contributed by atoms with E-state index in [0.29, 0.717) is 43.6 Å². The van der Waals surface area contributed by atoms with Crippen LogP contribution in [0.1, 0.15) is 11.1 Å². The number of pyridine rings is 6. The fourth-order valence-electron chi connectivity index (χ4n) is 10.2. The number of nitrogens with zero attached hydrogens (tertiary/aromatic N) is 2. The molecule has 6 aromatic heterocycles. The quantitative estimate of drug-likeness (QED) is 0.0873. The second-order valence-corrected chi connectivity index (χ2v) is 15.2. The molecule has 0 atom stereocenters. The lowest BCUT2D eigenvalue weighted by molar-refractivity contribution is -0.138. The summed E-state index contributed by atoms with van der Waals surface area (Å²) in [4.78, 5) is 54.6. The van der Waals surface area contributed by atoms with Crippen LogP contribution < -0.4 is 21.7 Å². The number of hydrogen-bond acceptors (Lipinski definition) is 4. The number of hydrogen-bond donors (Lipinski definition) is 0. The van der Waals surface area contributed by atoms with Gasteiger partial charge in [0.1, 0.15) is 0 Å². The zero-order valence-corrected chi connectivity index (χ0v) is 29.0. The molecule has 0 N–H and O–H groups in total. The summed E-state index contributed by atoms with van der Waals surface area (Å²) in [6.07, 6.45) is -9.54. The Bertz CT molecular complexity index is 3800. The maximum absolute atomic E-state index is 13.9. The zero-order chi connectivity index (χ0) is 39.6. The van der Waals surface area contributed by atoms with Crippen LogP contribution in [-0.4, -0.2) is 8.80 Å². The predicted molar refractivity (Wildman–Crippen MR) is 214 cm³/mol. The van der Waals surface area contributed by atoms with Crippen molar-refractivity contribution in [1.82, 2.24) is 8.80 Å². The highest BCUT2D eigenvalue weighted by atomic mass is 19.4. The van der Waals surface area contributed by atoms with Gasteiger partial charge in [-0.3, -0.25) is 19.2 Å². The van der Waals surface area contributed by atoms with Gasteiger partial charge < -0.3 is 8.80 Å². The average molecular weight is 775 g/mol. The highest BCUT2D eigenvalue weighted by Gasteiger charge is 2.34. The summed E-state index contributed by atoms with van der Waals surface area (Å²) in [5.41, 5.74) is -2.74. The van der Waals surface area contributed by atoms with Crippen molar-refractivity contribution in [2.75, 3.05) is 0 Å². The summed E-state index contributed by atoms with van der Waals surface area (Å²) >= 11 is 0. The van der Waals surface area contributed by atoms with Gasteiger partial charge >= 0.3 is 12.4 Å². The van der Waals surface area contributed by atoms with Gasteiger partial charge in [-0.25, -0.2) is 0 Å². The van der Waals surface area contributed by atoms with Gasteiger partial charge in [-0.1, -0.05) is 48.5 Å². The lowest BCUT2D eigenvalue weighted by atomic mass is 9.85. The Labute approximate surface area is 315 Å². The number of alkyl halides is 6. The third-order valence-corrected chi connectivity index (χ3v) is 12.4. The molecule has 7 aromatic carbocycles. The molecular weight excluding hydrogens is 759 g/mol. The molecule has 58 heavy (non-hydrogen) atoms. The second-order valence-electron chi connectivity index (χ2n) is 15.2. The van der Waals surface area contributed by atoms with Gasteiger partial charge in [-0.2, -0.15) is 26.3 Å². The van der Waals surface area contributed by atoms with Crippen LogP contribution in [0.15, 0.2) is 116 Å². The molecule has 0 unspecified atom stereocenters. The molecule has 0 aliphatic heterocycles. The highest BCUT2D eigenvalue weighted by molar-refractivity contribution is 6.42. The van der Waals surface area contributed by atoms with E-state index in [9.17, 15) is 45.5 Å². The maximum Gasteiger partial charge on any atom is 0.416 e. The van der Waals surface area contributed by atoms with Gasteiger partial charge in [0.15, 0.2) is 21.7 Å². The van der Waals surface area contributed by atoms with Crippen molar-refractivity contribution in [3.05, 3.63) is 149 Å². The fourth-order valence-corrected chi connectivity index (χ4v) is 10.2. The van der Waals surface area contributed by atoms with Crippen LogP contribution in [0.3, 0.4) is 0 Å². The molecule has 0 amide bonds. The molecule has 0 saturated heterocycles. The first-order chi connectivity index (χ1) is 27.7. The summed E-state index contributed by atoms with van der Waals surface area (Å²) in [5, 5.41) is 8.37. The molecule has 0 fully saturated rings. The fraction of sp³-hybridized carbons (Fsp3) is 0.0435. The molecule has 13 rings (SSSR count). The number of halogens is 6. The van der Waals surface area contributed by atoms with Crippen molar-refractivity contribution in [3.8, 4) is 0 Å². The third kappa shape index (κ3) is 3.54. The van der Waals surface area contributed by atoms with E-state index in [1.54, 1.807) is 8.80 Å². The summed E-state index contributed by atoms with van der Waals surface area (Å²) in [6, 6.07) is 23.7. The number of fused-ring (bicyclic) bond motifs is 6. The number of rotatable bonds is 0. The Morgan fingerprint density at radius 3 is 0.776 bits per heavy atom. The first-order valence-corrected chi connectivity index (χ1v) is 18.1. The Kier molecular flexibility index (Phi) is 5.27. The molecule has 0 spiro atoms. The van der Waals surface area contributed by atoms with Crippen LogP contribution in [-0.2, 0) is 12.4 Å². The van der Waals surface area contributed by atoms with E-state index >= 15 is 0 Å². The summed E-state index contributed by atoms with van der Waals surface area (Å²) in [6.45, 7) is 0. The normalized spacial score (nSPS) is 13.6. The molecule has 0 saturated carbocycles. The Morgan fingerprint density at radius 1 is 0.310 bits per heavy atom. The van der Waals surface area contributed by atoms with E-state index in [1.807, 2.05) is 48.5 Å². The van der Waals surface area contributed by atoms with E-state index < -0.39 is 45.2 Å².